The van der Waals surface area contributed by atoms with Crippen molar-refractivity contribution >= 4 is 17.3 Å². The van der Waals surface area contributed by atoms with Crippen molar-refractivity contribution in [3.05, 3.63) is 17.4 Å². The van der Waals surface area contributed by atoms with Crippen LogP contribution in [0.5, 0.6) is 5.75 Å². The normalized spacial score (nSPS) is 20.8. The van der Waals surface area contributed by atoms with Crippen molar-refractivity contribution in [1.29, 1.82) is 0 Å². The summed E-state index contributed by atoms with van der Waals surface area (Å²) in [6, 6.07) is 1.82. The van der Waals surface area contributed by atoms with Gasteiger partial charge in [-0.2, -0.15) is 0 Å². The molecule has 0 spiro atoms. The highest BCUT2D eigenvalue weighted by atomic mass is 35.5. The average Bonchev–Trinajstić information content (AvgIpc) is 2.06. The Balaban J connectivity index is 2.43. The standard InChI is InChI=1S/C9H11ClN2O/c1-6-5-12(2)7-3-9(10)11-4-8(7)13-6/h3-4,6H,5H2,1-2H3. The quantitative estimate of drug-likeness (QED) is 0.596. The minimum absolute atomic E-state index is 0.209. The molecule has 0 aliphatic carbocycles. The van der Waals surface area contributed by atoms with Crippen molar-refractivity contribution in [3.8, 4) is 5.75 Å². The molecule has 13 heavy (non-hydrogen) atoms. The molecule has 0 saturated carbocycles. The molecule has 1 aromatic rings. The smallest absolute Gasteiger partial charge is 0.161 e. The van der Waals surface area contributed by atoms with Gasteiger partial charge >= 0.3 is 0 Å². The van der Waals surface area contributed by atoms with Crippen LogP contribution in [0.1, 0.15) is 6.92 Å². The van der Waals surface area contributed by atoms with Crippen molar-refractivity contribution in [2.75, 3.05) is 18.5 Å². The Morgan fingerprint density at radius 2 is 2.46 bits per heavy atom. The minimum Gasteiger partial charge on any atom is -0.485 e. The summed E-state index contributed by atoms with van der Waals surface area (Å²) < 4.78 is 5.59. The monoisotopic (exact) mass is 198 g/mol. The molecular weight excluding hydrogens is 188 g/mol. The number of rotatable bonds is 0. The number of nitrogens with zero attached hydrogens (tertiary/aromatic N) is 2. The van der Waals surface area contributed by atoms with Crippen molar-refractivity contribution in [2.24, 2.45) is 0 Å². The number of anilines is 1. The maximum absolute atomic E-state index is 5.79. The molecule has 0 fully saturated rings. The van der Waals surface area contributed by atoms with E-state index in [9.17, 15) is 0 Å². The van der Waals surface area contributed by atoms with Crippen molar-refractivity contribution in [1.82, 2.24) is 4.98 Å². The molecule has 0 amide bonds. The van der Waals surface area contributed by atoms with Gasteiger partial charge in [0.25, 0.3) is 0 Å². The third kappa shape index (κ3) is 1.56. The third-order valence-corrected chi connectivity index (χ3v) is 2.29. The highest BCUT2D eigenvalue weighted by Gasteiger charge is 2.20. The predicted molar refractivity (Wildman–Crippen MR) is 52.6 cm³/mol. The van der Waals surface area contributed by atoms with Crippen LogP contribution in [0.15, 0.2) is 12.3 Å². The molecule has 2 heterocycles. The van der Waals surface area contributed by atoms with Crippen LogP contribution < -0.4 is 9.64 Å². The minimum atomic E-state index is 0.209. The Labute approximate surface area is 82.3 Å². The van der Waals surface area contributed by atoms with Gasteiger partial charge < -0.3 is 9.64 Å². The summed E-state index contributed by atoms with van der Waals surface area (Å²) in [5, 5.41) is 0.503. The zero-order valence-electron chi connectivity index (χ0n) is 7.62. The summed E-state index contributed by atoms with van der Waals surface area (Å²) in [4.78, 5) is 6.10. The van der Waals surface area contributed by atoms with E-state index in [2.05, 4.69) is 9.88 Å². The topological polar surface area (TPSA) is 25.4 Å². The number of halogens is 1. The van der Waals surface area contributed by atoms with Gasteiger partial charge in [-0.1, -0.05) is 11.6 Å². The van der Waals surface area contributed by atoms with Crippen LogP contribution in [0.2, 0.25) is 5.15 Å². The fraction of sp³-hybridized carbons (Fsp3) is 0.444. The largest absolute Gasteiger partial charge is 0.485 e. The first-order valence-corrected chi connectivity index (χ1v) is 4.58. The van der Waals surface area contributed by atoms with Gasteiger partial charge in [-0.05, 0) is 6.92 Å². The lowest BCUT2D eigenvalue weighted by atomic mass is 10.2. The molecule has 0 aromatic carbocycles. The summed E-state index contributed by atoms with van der Waals surface area (Å²) in [6.45, 7) is 2.92. The molecule has 4 heteroatoms. The molecule has 1 aromatic heterocycles. The van der Waals surface area contributed by atoms with E-state index in [1.54, 1.807) is 6.20 Å². The highest BCUT2D eigenvalue weighted by Crippen LogP contribution is 2.32. The van der Waals surface area contributed by atoms with Crippen LogP contribution in [0.25, 0.3) is 0 Å². The van der Waals surface area contributed by atoms with Crippen LogP contribution in [0.4, 0.5) is 5.69 Å². The van der Waals surface area contributed by atoms with Gasteiger partial charge in [-0.3, -0.25) is 0 Å². The van der Waals surface area contributed by atoms with Crippen molar-refractivity contribution < 1.29 is 4.74 Å². The summed E-state index contributed by atoms with van der Waals surface area (Å²) in [6.07, 6.45) is 1.88. The molecule has 3 nitrogen and oxygen atoms in total. The second-order valence-corrected chi connectivity index (χ2v) is 3.67. The van der Waals surface area contributed by atoms with E-state index >= 15 is 0 Å². The van der Waals surface area contributed by atoms with Gasteiger partial charge in [-0.15, -0.1) is 0 Å². The second kappa shape index (κ2) is 3.07. The summed E-state index contributed by atoms with van der Waals surface area (Å²) in [5.74, 6) is 0.811. The van der Waals surface area contributed by atoms with Crippen LogP contribution >= 0.6 is 11.6 Å². The fourth-order valence-electron chi connectivity index (χ4n) is 1.53. The van der Waals surface area contributed by atoms with Crippen molar-refractivity contribution in [3.63, 3.8) is 0 Å². The fourth-order valence-corrected chi connectivity index (χ4v) is 1.69. The molecule has 0 saturated heterocycles. The summed E-state index contributed by atoms with van der Waals surface area (Å²) in [7, 11) is 2.02. The Morgan fingerprint density at radius 3 is 3.23 bits per heavy atom. The lowest BCUT2D eigenvalue weighted by Gasteiger charge is -2.31. The number of pyridine rings is 1. The highest BCUT2D eigenvalue weighted by molar-refractivity contribution is 6.29. The number of ether oxygens (including phenoxy) is 1. The van der Waals surface area contributed by atoms with Gasteiger partial charge in [0.15, 0.2) is 5.75 Å². The van der Waals surface area contributed by atoms with E-state index in [0.717, 1.165) is 18.0 Å². The van der Waals surface area contributed by atoms with E-state index in [-0.39, 0.29) is 6.10 Å². The van der Waals surface area contributed by atoms with Gasteiger partial charge in [0.1, 0.15) is 11.3 Å². The zero-order chi connectivity index (χ0) is 9.42. The SMILES string of the molecule is CC1CN(C)c2cc(Cl)ncc2O1. The maximum Gasteiger partial charge on any atom is 0.161 e. The molecule has 1 atom stereocenters. The first-order valence-electron chi connectivity index (χ1n) is 4.20. The van der Waals surface area contributed by atoms with Gasteiger partial charge in [0.05, 0.1) is 18.4 Å². The molecule has 1 aliphatic heterocycles. The van der Waals surface area contributed by atoms with Crippen LogP contribution in [0, 0.1) is 0 Å². The lowest BCUT2D eigenvalue weighted by molar-refractivity contribution is 0.214. The van der Waals surface area contributed by atoms with E-state index < -0.39 is 0 Å². The molecular formula is C9H11ClN2O. The Morgan fingerprint density at radius 1 is 1.69 bits per heavy atom. The predicted octanol–water partition coefficient (Wildman–Crippen LogP) is 1.95. The van der Waals surface area contributed by atoms with Gasteiger partial charge in [-0.25, -0.2) is 4.98 Å². The Hall–Kier alpha value is -0.960. The number of hydrogen-bond acceptors (Lipinski definition) is 3. The number of fused-ring (bicyclic) bond motifs is 1. The third-order valence-electron chi connectivity index (χ3n) is 2.08. The van der Waals surface area contributed by atoms with Gasteiger partial charge in [0, 0.05) is 13.1 Å². The number of hydrogen-bond donors (Lipinski definition) is 0. The number of aromatic nitrogens is 1. The van der Waals surface area contributed by atoms with E-state index in [1.165, 1.54) is 0 Å². The molecule has 0 radical (unpaired) electrons. The average molecular weight is 199 g/mol. The second-order valence-electron chi connectivity index (χ2n) is 3.28. The van der Waals surface area contributed by atoms with Crippen LogP contribution in [-0.4, -0.2) is 24.7 Å². The maximum atomic E-state index is 5.79. The molecule has 0 N–H and O–H groups in total. The van der Waals surface area contributed by atoms with Gasteiger partial charge in [0.2, 0.25) is 0 Å². The van der Waals surface area contributed by atoms with E-state index in [1.807, 2.05) is 20.0 Å². The first-order chi connectivity index (χ1) is 6.16. The zero-order valence-corrected chi connectivity index (χ0v) is 8.38. The van der Waals surface area contributed by atoms with Crippen LogP contribution in [-0.2, 0) is 0 Å². The molecule has 1 unspecified atom stereocenters. The molecule has 70 valence electrons. The van der Waals surface area contributed by atoms with E-state index in [4.69, 9.17) is 16.3 Å². The summed E-state index contributed by atoms with van der Waals surface area (Å²) >= 11 is 5.79. The first kappa shape index (κ1) is 8.63. The molecule has 1 aliphatic rings. The van der Waals surface area contributed by atoms with Crippen LogP contribution in [0.3, 0.4) is 0 Å². The van der Waals surface area contributed by atoms with Crippen molar-refractivity contribution in [2.45, 2.75) is 13.0 Å². The summed E-state index contributed by atoms with van der Waals surface area (Å²) in [5.41, 5.74) is 1.01. The molecule has 0 bridgehead atoms. The van der Waals surface area contributed by atoms with E-state index in [0.29, 0.717) is 5.15 Å². The number of likely N-dealkylation sites (N-methyl/N-ethyl adjacent to an activating group) is 1. The Kier molecular flexibility index (Phi) is 2.04. The molecule has 2 rings (SSSR count). The lowest BCUT2D eigenvalue weighted by Crippen LogP contribution is -2.35. The Bertz CT molecular complexity index is 329.